The lowest BCUT2D eigenvalue weighted by Gasteiger charge is -2.22. The third kappa shape index (κ3) is 4.11. The fraction of sp³-hybridized carbons (Fsp3) is 0.357. The lowest BCUT2D eigenvalue weighted by atomic mass is 10.0. The molecule has 0 fully saturated rings. The van der Waals surface area contributed by atoms with Gasteiger partial charge in [-0.1, -0.05) is 18.1 Å². The summed E-state index contributed by atoms with van der Waals surface area (Å²) in [5.74, 6) is 2.38. The second kappa shape index (κ2) is 5.56. The Bertz CT molecular complexity index is 458. The molecule has 0 heterocycles. The highest BCUT2D eigenvalue weighted by Crippen LogP contribution is 2.11. The fourth-order valence-corrected chi connectivity index (χ4v) is 1.42. The van der Waals surface area contributed by atoms with Gasteiger partial charge in [0, 0.05) is 0 Å². The third-order valence-corrected chi connectivity index (χ3v) is 2.53. The van der Waals surface area contributed by atoms with E-state index < -0.39 is 11.6 Å². The lowest BCUT2D eigenvalue weighted by Crippen LogP contribution is -2.50. The predicted molar refractivity (Wildman–Crippen MR) is 70.8 cm³/mol. The summed E-state index contributed by atoms with van der Waals surface area (Å²) in [5, 5.41) is 11.8. The van der Waals surface area contributed by atoms with Gasteiger partial charge in [0.15, 0.2) is 0 Å². The van der Waals surface area contributed by atoms with Crippen molar-refractivity contribution in [1.29, 1.82) is 0 Å². The smallest absolute Gasteiger partial charge is 0.238 e. The molecule has 0 bridgehead atoms. The van der Waals surface area contributed by atoms with Crippen LogP contribution >= 0.6 is 0 Å². The van der Waals surface area contributed by atoms with Gasteiger partial charge in [0.2, 0.25) is 5.91 Å². The van der Waals surface area contributed by atoms with Crippen LogP contribution in [-0.2, 0) is 11.2 Å². The molecule has 96 valence electrons. The molecule has 1 aromatic carbocycles. The molecule has 4 N–H and O–H groups in total. The van der Waals surface area contributed by atoms with Crippen LogP contribution < -0.4 is 11.1 Å². The minimum atomic E-state index is -0.705. The van der Waals surface area contributed by atoms with E-state index in [0.717, 1.165) is 5.56 Å². The van der Waals surface area contributed by atoms with Crippen molar-refractivity contribution in [3.63, 3.8) is 0 Å². The number of rotatable bonds is 4. The van der Waals surface area contributed by atoms with Gasteiger partial charge >= 0.3 is 0 Å². The highest BCUT2D eigenvalue weighted by atomic mass is 16.3. The van der Waals surface area contributed by atoms with E-state index >= 15 is 0 Å². The van der Waals surface area contributed by atoms with Crippen LogP contribution in [0.2, 0.25) is 0 Å². The molecule has 1 rings (SSSR count). The standard InChI is InChI=1S/C14H18N2O2/c1-4-14(2,3)16-13(18)12(15)9-10-5-7-11(17)8-6-10/h1,5-8,12,17H,9,15H2,2-3H3,(H,16,18). The Morgan fingerprint density at radius 1 is 1.50 bits per heavy atom. The summed E-state index contributed by atoms with van der Waals surface area (Å²) in [6.45, 7) is 3.47. The average molecular weight is 246 g/mol. The van der Waals surface area contributed by atoms with Gasteiger partial charge in [0.05, 0.1) is 11.6 Å². The Kier molecular flexibility index (Phi) is 4.35. The predicted octanol–water partition coefficient (Wildman–Crippen LogP) is 0.790. The summed E-state index contributed by atoms with van der Waals surface area (Å²) in [6, 6.07) is 5.92. The normalized spacial score (nSPS) is 12.6. The molecule has 0 saturated heterocycles. The van der Waals surface area contributed by atoms with Gasteiger partial charge in [-0.2, -0.15) is 0 Å². The van der Waals surface area contributed by atoms with Crippen molar-refractivity contribution < 1.29 is 9.90 Å². The second-order valence-electron chi connectivity index (χ2n) is 4.74. The third-order valence-electron chi connectivity index (χ3n) is 2.53. The largest absolute Gasteiger partial charge is 0.508 e. The molecule has 4 heteroatoms. The molecular weight excluding hydrogens is 228 g/mol. The zero-order valence-corrected chi connectivity index (χ0v) is 10.6. The molecule has 1 atom stereocenters. The zero-order chi connectivity index (χ0) is 13.8. The molecular formula is C14H18N2O2. The van der Waals surface area contributed by atoms with Gasteiger partial charge in [-0.25, -0.2) is 0 Å². The Labute approximate surface area is 107 Å². The number of terminal acetylenes is 1. The monoisotopic (exact) mass is 246 g/mol. The zero-order valence-electron chi connectivity index (χ0n) is 10.6. The Morgan fingerprint density at radius 2 is 2.06 bits per heavy atom. The summed E-state index contributed by atoms with van der Waals surface area (Å²) >= 11 is 0. The second-order valence-corrected chi connectivity index (χ2v) is 4.74. The van der Waals surface area contributed by atoms with E-state index in [2.05, 4.69) is 11.2 Å². The van der Waals surface area contributed by atoms with Crippen LogP contribution in [0, 0.1) is 12.3 Å². The molecule has 1 aromatic rings. The summed E-state index contributed by atoms with van der Waals surface area (Å²) < 4.78 is 0. The first-order valence-electron chi connectivity index (χ1n) is 5.67. The molecule has 0 aliphatic heterocycles. The van der Waals surface area contributed by atoms with Gasteiger partial charge < -0.3 is 16.2 Å². The number of aromatic hydroxyl groups is 1. The van der Waals surface area contributed by atoms with E-state index in [-0.39, 0.29) is 11.7 Å². The van der Waals surface area contributed by atoms with Gasteiger partial charge in [0.25, 0.3) is 0 Å². The van der Waals surface area contributed by atoms with Crippen molar-refractivity contribution in [3.8, 4) is 18.1 Å². The SMILES string of the molecule is C#CC(C)(C)NC(=O)C(N)Cc1ccc(O)cc1. The molecule has 0 saturated carbocycles. The first-order valence-corrected chi connectivity index (χ1v) is 5.67. The maximum Gasteiger partial charge on any atom is 0.238 e. The van der Waals surface area contributed by atoms with Crippen LogP contribution in [-0.4, -0.2) is 22.6 Å². The number of hydrogen-bond acceptors (Lipinski definition) is 3. The van der Waals surface area contributed by atoms with Crippen LogP contribution in [0.1, 0.15) is 19.4 Å². The minimum absolute atomic E-state index is 0.185. The highest BCUT2D eigenvalue weighted by molar-refractivity contribution is 5.82. The number of nitrogens with two attached hydrogens (primary N) is 1. The number of phenols is 1. The lowest BCUT2D eigenvalue weighted by molar-refractivity contribution is -0.123. The topological polar surface area (TPSA) is 75.4 Å². The number of benzene rings is 1. The van der Waals surface area contributed by atoms with Crippen LogP contribution in [0.3, 0.4) is 0 Å². The maximum atomic E-state index is 11.8. The quantitative estimate of drug-likeness (QED) is 0.687. The highest BCUT2D eigenvalue weighted by Gasteiger charge is 2.21. The summed E-state index contributed by atoms with van der Waals surface area (Å²) in [6.07, 6.45) is 5.69. The molecule has 1 unspecified atom stereocenters. The molecule has 0 spiro atoms. The number of carbonyl (C=O) groups is 1. The molecule has 1 amide bonds. The Morgan fingerprint density at radius 3 is 2.56 bits per heavy atom. The van der Waals surface area contributed by atoms with Gasteiger partial charge in [0.1, 0.15) is 5.75 Å². The Balaban J connectivity index is 2.61. The number of amides is 1. The van der Waals surface area contributed by atoms with E-state index in [9.17, 15) is 4.79 Å². The van der Waals surface area contributed by atoms with Crippen molar-refractivity contribution >= 4 is 5.91 Å². The van der Waals surface area contributed by atoms with E-state index in [4.69, 9.17) is 17.3 Å². The number of phenolic OH excluding ortho intramolecular Hbond substituents is 1. The minimum Gasteiger partial charge on any atom is -0.508 e. The summed E-state index contributed by atoms with van der Waals surface area (Å²) in [4.78, 5) is 11.8. The van der Waals surface area contributed by atoms with E-state index in [1.54, 1.807) is 38.1 Å². The molecule has 18 heavy (non-hydrogen) atoms. The molecule has 4 nitrogen and oxygen atoms in total. The molecule has 0 radical (unpaired) electrons. The van der Waals surface area contributed by atoms with Crippen LogP contribution in [0.25, 0.3) is 0 Å². The maximum absolute atomic E-state index is 11.8. The van der Waals surface area contributed by atoms with Crippen LogP contribution in [0.5, 0.6) is 5.75 Å². The fourth-order valence-electron chi connectivity index (χ4n) is 1.42. The van der Waals surface area contributed by atoms with E-state index in [1.807, 2.05) is 0 Å². The van der Waals surface area contributed by atoms with E-state index in [1.165, 1.54) is 0 Å². The van der Waals surface area contributed by atoms with Gasteiger partial charge in [-0.15, -0.1) is 6.42 Å². The molecule has 0 aliphatic rings. The first kappa shape index (κ1) is 14.1. The van der Waals surface area contributed by atoms with Gasteiger partial charge in [-0.05, 0) is 38.0 Å². The number of carbonyl (C=O) groups excluding carboxylic acids is 1. The van der Waals surface area contributed by atoms with Crippen molar-refractivity contribution in [2.24, 2.45) is 5.73 Å². The van der Waals surface area contributed by atoms with Crippen molar-refractivity contribution in [2.45, 2.75) is 31.8 Å². The van der Waals surface area contributed by atoms with E-state index in [0.29, 0.717) is 6.42 Å². The average Bonchev–Trinajstić information content (AvgIpc) is 2.31. The molecule has 0 aliphatic carbocycles. The number of nitrogens with one attached hydrogen (secondary N) is 1. The molecule has 0 aromatic heterocycles. The van der Waals surface area contributed by atoms with Gasteiger partial charge in [-0.3, -0.25) is 4.79 Å². The van der Waals surface area contributed by atoms with Crippen LogP contribution in [0.15, 0.2) is 24.3 Å². The Hall–Kier alpha value is -1.99. The van der Waals surface area contributed by atoms with Crippen molar-refractivity contribution in [1.82, 2.24) is 5.32 Å². The summed E-state index contributed by atoms with van der Waals surface area (Å²) in [7, 11) is 0. The summed E-state index contributed by atoms with van der Waals surface area (Å²) in [5.41, 5.74) is 5.98. The van der Waals surface area contributed by atoms with Crippen molar-refractivity contribution in [3.05, 3.63) is 29.8 Å². The van der Waals surface area contributed by atoms with Crippen LogP contribution in [0.4, 0.5) is 0 Å². The van der Waals surface area contributed by atoms with Crippen molar-refractivity contribution in [2.75, 3.05) is 0 Å². The number of hydrogen-bond donors (Lipinski definition) is 3. The first-order chi connectivity index (χ1) is 8.34.